The first kappa shape index (κ1) is 14.6. The number of aromatic nitrogens is 2. The van der Waals surface area contributed by atoms with E-state index in [4.69, 9.17) is 16.0 Å². The van der Waals surface area contributed by atoms with Crippen LogP contribution in [-0.4, -0.2) is 16.1 Å². The molecule has 1 N–H and O–H groups in total. The molecule has 5 nitrogen and oxygen atoms in total. The normalized spacial score (nSPS) is 10.7. The van der Waals surface area contributed by atoms with Gasteiger partial charge in [0.25, 0.3) is 11.8 Å². The van der Waals surface area contributed by atoms with Crippen molar-refractivity contribution in [3.8, 4) is 10.8 Å². The third-order valence-electron chi connectivity index (χ3n) is 2.62. The molecule has 0 spiro atoms. The molecule has 0 aliphatic rings. The SMILES string of the molecule is O=C(Nc1nnc(-c2ccc(Cl)s2)o1)c1c(F)cccc1F. The van der Waals surface area contributed by atoms with Gasteiger partial charge in [-0.3, -0.25) is 10.1 Å². The van der Waals surface area contributed by atoms with Crippen LogP contribution in [-0.2, 0) is 0 Å². The minimum Gasteiger partial charge on any atom is -0.402 e. The summed E-state index contributed by atoms with van der Waals surface area (Å²) in [6, 6.07) is 6.16. The Morgan fingerprint density at radius 2 is 1.91 bits per heavy atom. The molecule has 0 unspecified atom stereocenters. The van der Waals surface area contributed by atoms with Crippen molar-refractivity contribution in [1.82, 2.24) is 10.2 Å². The van der Waals surface area contributed by atoms with E-state index in [1.165, 1.54) is 11.3 Å². The molecule has 0 radical (unpaired) electrons. The number of halogens is 3. The average molecular weight is 342 g/mol. The second kappa shape index (κ2) is 5.82. The Morgan fingerprint density at radius 1 is 1.18 bits per heavy atom. The lowest BCUT2D eigenvalue weighted by atomic mass is 10.2. The summed E-state index contributed by atoms with van der Waals surface area (Å²) in [5, 5.41) is 9.47. The smallest absolute Gasteiger partial charge is 0.322 e. The molecule has 0 saturated carbocycles. The van der Waals surface area contributed by atoms with Gasteiger partial charge in [0, 0.05) is 0 Å². The van der Waals surface area contributed by atoms with Crippen molar-refractivity contribution in [2.45, 2.75) is 0 Å². The van der Waals surface area contributed by atoms with Gasteiger partial charge in [0.15, 0.2) is 0 Å². The molecule has 0 aliphatic heterocycles. The zero-order valence-corrected chi connectivity index (χ0v) is 12.2. The zero-order valence-electron chi connectivity index (χ0n) is 10.6. The van der Waals surface area contributed by atoms with E-state index in [1.807, 2.05) is 0 Å². The molecule has 0 atom stereocenters. The number of thiophene rings is 1. The highest BCUT2D eigenvalue weighted by molar-refractivity contribution is 7.19. The van der Waals surface area contributed by atoms with Crippen LogP contribution in [0.3, 0.4) is 0 Å². The Labute approximate surface area is 131 Å². The number of rotatable bonds is 3. The molecule has 2 heterocycles. The molecule has 0 saturated heterocycles. The van der Waals surface area contributed by atoms with Gasteiger partial charge in [0.05, 0.1) is 9.21 Å². The summed E-state index contributed by atoms with van der Waals surface area (Å²) in [4.78, 5) is 12.5. The second-order valence-corrected chi connectivity index (χ2v) is 5.78. The number of hydrogen-bond acceptors (Lipinski definition) is 5. The van der Waals surface area contributed by atoms with Gasteiger partial charge < -0.3 is 4.42 Å². The highest BCUT2D eigenvalue weighted by Gasteiger charge is 2.20. The summed E-state index contributed by atoms with van der Waals surface area (Å²) >= 11 is 7.00. The molecule has 0 fully saturated rings. The van der Waals surface area contributed by atoms with E-state index in [-0.39, 0.29) is 11.9 Å². The molecule has 0 aliphatic carbocycles. The fourth-order valence-corrected chi connectivity index (χ4v) is 2.64. The van der Waals surface area contributed by atoms with Crippen LogP contribution >= 0.6 is 22.9 Å². The average Bonchev–Trinajstić information content (AvgIpc) is 3.07. The summed E-state index contributed by atoms with van der Waals surface area (Å²) in [6.07, 6.45) is 0. The molecular formula is C13H6ClF2N3O2S. The second-order valence-electron chi connectivity index (χ2n) is 4.07. The molecule has 0 bridgehead atoms. The topological polar surface area (TPSA) is 68.0 Å². The number of nitrogens with zero attached hydrogens (tertiary/aromatic N) is 2. The van der Waals surface area contributed by atoms with E-state index in [2.05, 4.69) is 15.5 Å². The summed E-state index contributed by atoms with van der Waals surface area (Å²) in [7, 11) is 0. The molecule has 3 rings (SSSR count). The van der Waals surface area contributed by atoms with Gasteiger partial charge in [-0.25, -0.2) is 8.78 Å². The minimum absolute atomic E-state index is 0.140. The first-order chi connectivity index (χ1) is 10.5. The Morgan fingerprint density at radius 3 is 2.55 bits per heavy atom. The summed E-state index contributed by atoms with van der Waals surface area (Å²) in [5.41, 5.74) is -0.721. The minimum atomic E-state index is -1.02. The van der Waals surface area contributed by atoms with Crippen LogP contribution in [0.2, 0.25) is 4.34 Å². The number of carbonyl (C=O) groups excluding carboxylic acids is 1. The van der Waals surface area contributed by atoms with Crippen molar-refractivity contribution in [1.29, 1.82) is 0 Å². The monoisotopic (exact) mass is 341 g/mol. The Kier molecular flexibility index (Phi) is 3.86. The fraction of sp³-hybridized carbons (Fsp3) is 0. The van der Waals surface area contributed by atoms with E-state index in [0.29, 0.717) is 9.21 Å². The van der Waals surface area contributed by atoms with Crippen molar-refractivity contribution < 1.29 is 18.0 Å². The van der Waals surface area contributed by atoms with Crippen LogP contribution in [0.5, 0.6) is 0 Å². The third kappa shape index (κ3) is 2.83. The van der Waals surface area contributed by atoms with Crippen LogP contribution in [0.15, 0.2) is 34.7 Å². The van der Waals surface area contributed by atoms with Gasteiger partial charge in [-0.1, -0.05) is 22.8 Å². The van der Waals surface area contributed by atoms with Crippen LogP contribution in [0.1, 0.15) is 10.4 Å². The van der Waals surface area contributed by atoms with Gasteiger partial charge in [-0.15, -0.1) is 16.4 Å². The molecule has 1 amide bonds. The lowest BCUT2D eigenvalue weighted by Gasteiger charge is -2.03. The molecular weight excluding hydrogens is 336 g/mol. The van der Waals surface area contributed by atoms with Gasteiger partial charge in [-0.2, -0.15) is 0 Å². The number of anilines is 1. The van der Waals surface area contributed by atoms with Crippen molar-refractivity contribution in [2.24, 2.45) is 0 Å². The van der Waals surface area contributed by atoms with Crippen LogP contribution in [0.4, 0.5) is 14.8 Å². The van der Waals surface area contributed by atoms with E-state index in [9.17, 15) is 13.6 Å². The van der Waals surface area contributed by atoms with Crippen molar-refractivity contribution in [3.63, 3.8) is 0 Å². The number of benzene rings is 1. The molecule has 1 aromatic carbocycles. The lowest BCUT2D eigenvalue weighted by molar-refractivity contribution is 0.101. The van der Waals surface area contributed by atoms with Gasteiger partial charge in [0.2, 0.25) is 0 Å². The van der Waals surface area contributed by atoms with Crippen LogP contribution in [0, 0.1) is 11.6 Å². The highest BCUT2D eigenvalue weighted by atomic mass is 35.5. The number of carbonyl (C=O) groups is 1. The maximum Gasteiger partial charge on any atom is 0.322 e. The Bertz CT molecular complexity index is 829. The zero-order chi connectivity index (χ0) is 15.7. The lowest BCUT2D eigenvalue weighted by Crippen LogP contribution is -2.16. The Hall–Kier alpha value is -2.32. The van der Waals surface area contributed by atoms with Crippen LogP contribution < -0.4 is 5.32 Å². The van der Waals surface area contributed by atoms with Gasteiger partial charge in [0.1, 0.15) is 17.2 Å². The maximum absolute atomic E-state index is 13.5. The quantitative estimate of drug-likeness (QED) is 0.782. The molecule has 3 aromatic rings. The van der Waals surface area contributed by atoms with Gasteiger partial charge >= 0.3 is 6.01 Å². The number of amides is 1. The van der Waals surface area contributed by atoms with Crippen LogP contribution in [0.25, 0.3) is 10.8 Å². The fourth-order valence-electron chi connectivity index (χ4n) is 1.68. The van der Waals surface area contributed by atoms with Gasteiger partial charge in [-0.05, 0) is 24.3 Å². The highest BCUT2D eigenvalue weighted by Crippen LogP contribution is 2.30. The van der Waals surface area contributed by atoms with Crippen molar-refractivity contribution >= 4 is 34.9 Å². The standard InChI is InChI=1S/C13H6ClF2N3O2S/c14-9-5-4-8(22-9)12-18-19-13(21-12)17-11(20)10-6(15)2-1-3-7(10)16/h1-5H,(H,17,19,20). The number of hydrogen-bond donors (Lipinski definition) is 1. The number of nitrogens with one attached hydrogen (secondary N) is 1. The first-order valence-electron chi connectivity index (χ1n) is 5.89. The Balaban J connectivity index is 1.82. The first-order valence-corrected chi connectivity index (χ1v) is 7.08. The largest absolute Gasteiger partial charge is 0.402 e. The van der Waals surface area contributed by atoms with E-state index >= 15 is 0 Å². The van der Waals surface area contributed by atoms with E-state index in [0.717, 1.165) is 18.2 Å². The summed E-state index contributed by atoms with van der Waals surface area (Å²) in [5.74, 6) is -2.85. The predicted molar refractivity (Wildman–Crippen MR) is 76.9 cm³/mol. The molecule has 112 valence electrons. The summed E-state index contributed by atoms with van der Waals surface area (Å²) in [6.45, 7) is 0. The van der Waals surface area contributed by atoms with E-state index in [1.54, 1.807) is 12.1 Å². The van der Waals surface area contributed by atoms with Crippen molar-refractivity contribution in [2.75, 3.05) is 5.32 Å². The van der Waals surface area contributed by atoms with Crippen molar-refractivity contribution in [3.05, 3.63) is 51.9 Å². The van der Waals surface area contributed by atoms with E-state index < -0.39 is 23.1 Å². The molecule has 22 heavy (non-hydrogen) atoms. The predicted octanol–water partition coefficient (Wildman–Crippen LogP) is 3.98. The summed E-state index contributed by atoms with van der Waals surface area (Å²) < 4.78 is 32.7. The molecule has 2 aromatic heterocycles. The molecule has 9 heteroatoms. The maximum atomic E-state index is 13.5. The third-order valence-corrected chi connectivity index (χ3v) is 3.84.